The lowest BCUT2D eigenvalue weighted by Crippen LogP contribution is -2.33. The van der Waals surface area contributed by atoms with Crippen LogP contribution in [0.1, 0.15) is 13.3 Å². The molecule has 2 rings (SSSR count). The highest BCUT2D eigenvalue weighted by atomic mass is 16.5. The van der Waals surface area contributed by atoms with E-state index in [0.717, 1.165) is 17.2 Å². The summed E-state index contributed by atoms with van der Waals surface area (Å²) in [4.78, 5) is 11.4. The summed E-state index contributed by atoms with van der Waals surface area (Å²) in [7, 11) is 1.61. The zero-order chi connectivity index (χ0) is 13.0. The van der Waals surface area contributed by atoms with Gasteiger partial charge in [-0.2, -0.15) is 0 Å². The van der Waals surface area contributed by atoms with Crippen molar-refractivity contribution < 1.29 is 19.0 Å². The molecular formula is C13H17NO4. The van der Waals surface area contributed by atoms with Crippen molar-refractivity contribution in [1.29, 1.82) is 0 Å². The van der Waals surface area contributed by atoms with Crippen molar-refractivity contribution in [3.8, 4) is 11.5 Å². The Morgan fingerprint density at radius 2 is 2.39 bits per heavy atom. The van der Waals surface area contributed by atoms with Crippen LogP contribution < -0.4 is 14.8 Å². The van der Waals surface area contributed by atoms with Gasteiger partial charge in [-0.3, -0.25) is 4.79 Å². The zero-order valence-corrected chi connectivity index (χ0v) is 10.6. The number of carbonyl (C=O) groups excluding carboxylic acids is 1. The summed E-state index contributed by atoms with van der Waals surface area (Å²) in [5, 5.41) is 3.26. The minimum absolute atomic E-state index is 0.0661. The van der Waals surface area contributed by atoms with Crippen LogP contribution in [0.2, 0.25) is 0 Å². The molecule has 0 radical (unpaired) electrons. The van der Waals surface area contributed by atoms with Crippen molar-refractivity contribution in [3.63, 3.8) is 0 Å². The van der Waals surface area contributed by atoms with Crippen LogP contribution in [0.5, 0.6) is 11.5 Å². The molecule has 0 bridgehead atoms. The first-order chi connectivity index (χ1) is 8.72. The fourth-order valence-electron chi connectivity index (χ4n) is 1.86. The van der Waals surface area contributed by atoms with E-state index in [9.17, 15) is 4.79 Å². The summed E-state index contributed by atoms with van der Waals surface area (Å²) in [6.45, 7) is 2.65. The van der Waals surface area contributed by atoms with Gasteiger partial charge in [-0.25, -0.2) is 0 Å². The van der Waals surface area contributed by atoms with Crippen LogP contribution in [0.3, 0.4) is 0 Å². The number of hydrogen-bond donors (Lipinski definition) is 1. The van der Waals surface area contributed by atoms with Crippen molar-refractivity contribution in [3.05, 3.63) is 18.2 Å². The monoisotopic (exact) mass is 251 g/mol. The smallest absolute Gasteiger partial charge is 0.307 e. The van der Waals surface area contributed by atoms with E-state index in [1.807, 2.05) is 18.2 Å². The van der Waals surface area contributed by atoms with Crippen molar-refractivity contribution in [2.75, 3.05) is 25.6 Å². The molecule has 5 nitrogen and oxygen atoms in total. The molecule has 0 saturated carbocycles. The number of esters is 1. The number of anilines is 1. The van der Waals surface area contributed by atoms with Crippen molar-refractivity contribution in [1.82, 2.24) is 0 Å². The molecular weight excluding hydrogens is 234 g/mol. The molecule has 0 aromatic heterocycles. The third-order valence-corrected chi connectivity index (χ3v) is 2.70. The Hall–Kier alpha value is -1.91. The molecule has 1 aliphatic heterocycles. The van der Waals surface area contributed by atoms with Gasteiger partial charge in [-0.15, -0.1) is 0 Å². The van der Waals surface area contributed by atoms with E-state index in [2.05, 4.69) is 5.32 Å². The molecule has 5 heteroatoms. The first-order valence-electron chi connectivity index (χ1n) is 5.96. The van der Waals surface area contributed by atoms with Crippen LogP contribution in [0.25, 0.3) is 0 Å². The predicted molar refractivity (Wildman–Crippen MR) is 67.1 cm³/mol. The summed E-state index contributed by atoms with van der Waals surface area (Å²) in [6, 6.07) is 5.48. The van der Waals surface area contributed by atoms with Gasteiger partial charge in [0.25, 0.3) is 0 Å². The lowest BCUT2D eigenvalue weighted by atomic mass is 10.1. The molecule has 1 aromatic carbocycles. The van der Waals surface area contributed by atoms with Crippen LogP contribution in [0.4, 0.5) is 5.69 Å². The first-order valence-corrected chi connectivity index (χ1v) is 5.96. The molecule has 1 heterocycles. The maximum atomic E-state index is 11.4. The number of nitrogens with one attached hydrogen (secondary N) is 1. The number of carbonyl (C=O) groups is 1. The highest BCUT2D eigenvalue weighted by Crippen LogP contribution is 2.32. The second-order valence-corrected chi connectivity index (χ2v) is 4.02. The molecule has 0 saturated heterocycles. The molecule has 1 aliphatic rings. The van der Waals surface area contributed by atoms with Gasteiger partial charge in [0.2, 0.25) is 0 Å². The molecule has 1 N–H and O–H groups in total. The first kappa shape index (κ1) is 12.5. The number of fused-ring (bicyclic) bond motifs is 1. The molecule has 1 aromatic rings. The lowest BCUT2D eigenvalue weighted by molar-refractivity contribution is -0.143. The van der Waals surface area contributed by atoms with Gasteiger partial charge >= 0.3 is 5.97 Å². The Morgan fingerprint density at radius 1 is 1.56 bits per heavy atom. The minimum atomic E-state index is -0.218. The Labute approximate surface area is 106 Å². The molecule has 0 fully saturated rings. The van der Waals surface area contributed by atoms with Gasteiger partial charge in [0.05, 0.1) is 31.9 Å². The van der Waals surface area contributed by atoms with Gasteiger partial charge in [0.1, 0.15) is 18.1 Å². The highest BCUT2D eigenvalue weighted by molar-refractivity contribution is 5.72. The molecule has 1 unspecified atom stereocenters. The summed E-state index contributed by atoms with van der Waals surface area (Å²) < 4.78 is 15.7. The van der Waals surface area contributed by atoms with Crippen molar-refractivity contribution in [2.24, 2.45) is 0 Å². The van der Waals surface area contributed by atoms with Crippen molar-refractivity contribution >= 4 is 11.7 Å². The number of methoxy groups -OCH3 is 1. The van der Waals surface area contributed by atoms with E-state index in [1.54, 1.807) is 14.0 Å². The van der Waals surface area contributed by atoms with Gasteiger partial charge < -0.3 is 19.5 Å². The third-order valence-electron chi connectivity index (χ3n) is 2.70. The van der Waals surface area contributed by atoms with Gasteiger partial charge in [-0.1, -0.05) is 0 Å². The standard InChI is InChI=1S/C13H17NO4/c1-3-17-13(15)6-9-8-18-12-5-4-10(16-2)7-11(12)14-9/h4-5,7,9,14H,3,6,8H2,1-2H3. The van der Waals surface area contributed by atoms with E-state index in [0.29, 0.717) is 19.6 Å². The fourth-order valence-corrected chi connectivity index (χ4v) is 1.86. The van der Waals surface area contributed by atoms with E-state index >= 15 is 0 Å². The maximum Gasteiger partial charge on any atom is 0.307 e. The average Bonchev–Trinajstić information content (AvgIpc) is 2.38. The Kier molecular flexibility index (Phi) is 3.92. The van der Waals surface area contributed by atoms with Crippen LogP contribution in [0, 0.1) is 0 Å². The number of benzene rings is 1. The largest absolute Gasteiger partial charge is 0.497 e. The maximum absolute atomic E-state index is 11.4. The van der Waals surface area contributed by atoms with E-state index in [-0.39, 0.29) is 12.0 Å². The average molecular weight is 251 g/mol. The SMILES string of the molecule is CCOC(=O)CC1COc2ccc(OC)cc2N1. The zero-order valence-electron chi connectivity index (χ0n) is 10.6. The molecule has 1 atom stereocenters. The summed E-state index contributed by atoms with van der Waals surface area (Å²) >= 11 is 0. The van der Waals surface area contributed by atoms with E-state index in [1.165, 1.54) is 0 Å². The molecule has 98 valence electrons. The molecule has 18 heavy (non-hydrogen) atoms. The lowest BCUT2D eigenvalue weighted by Gasteiger charge is -2.27. The van der Waals surface area contributed by atoms with Crippen LogP contribution in [-0.4, -0.2) is 32.3 Å². The quantitative estimate of drug-likeness (QED) is 0.827. The normalized spacial score (nSPS) is 17.1. The predicted octanol–water partition coefficient (Wildman–Crippen LogP) is 1.82. The second-order valence-electron chi connectivity index (χ2n) is 4.02. The summed E-state index contributed by atoms with van der Waals surface area (Å²) in [5.41, 5.74) is 0.842. The Morgan fingerprint density at radius 3 is 3.11 bits per heavy atom. The topological polar surface area (TPSA) is 56.8 Å². The van der Waals surface area contributed by atoms with Gasteiger partial charge in [0, 0.05) is 6.07 Å². The van der Waals surface area contributed by atoms with Crippen LogP contribution in [-0.2, 0) is 9.53 Å². The van der Waals surface area contributed by atoms with Crippen molar-refractivity contribution in [2.45, 2.75) is 19.4 Å². The highest BCUT2D eigenvalue weighted by Gasteiger charge is 2.22. The minimum Gasteiger partial charge on any atom is -0.497 e. The molecule has 0 amide bonds. The Bertz CT molecular complexity index is 433. The molecule has 0 aliphatic carbocycles. The Balaban J connectivity index is 2.02. The van der Waals surface area contributed by atoms with Gasteiger partial charge in [0.15, 0.2) is 0 Å². The summed E-state index contributed by atoms with van der Waals surface area (Å²) in [6.07, 6.45) is 0.296. The van der Waals surface area contributed by atoms with Gasteiger partial charge in [-0.05, 0) is 19.1 Å². The van der Waals surface area contributed by atoms with Crippen LogP contribution >= 0.6 is 0 Å². The molecule has 0 spiro atoms. The fraction of sp³-hybridized carbons (Fsp3) is 0.462. The van der Waals surface area contributed by atoms with E-state index in [4.69, 9.17) is 14.2 Å². The summed E-state index contributed by atoms with van der Waals surface area (Å²) in [5.74, 6) is 1.31. The third kappa shape index (κ3) is 2.85. The van der Waals surface area contributed by atoms with E-state index < -0.39 is 0 Å². The second kappa shape index (κ2) is 5.62. The number of hydrogen-bond acceptors (Lipinski definition) is 5. The number of rotatable bonds is 4. The van der Waals surface area contributed by atoms with Crippen LogP contribution in [0.15, 0.2) is 18.2 Å². The number of ether oxygens (including phenoxy) is 3.